The number of ether oxygens (including phenoxy) is 1. The highest BCUT2D eigenvalue weighted by molar-refractivity contribution is 5.04. The van der Waals surface area contributed by atoms with Gasteiger partial charge in [-0.25, -0.2) is 0 Å². The van der Waals surface area contributed by atoms with Gasteiger partial charge in [0.15, 0.2) is 0 Å². The minimum Gasteiger partial charge on any atom is -0.394 e. The van der Waals surface area contributed by atoms with E-state index in [2.05, 4.69) is 17.1 Å². The fourth-order valence-corrected chi connectivity index (χ4v) is 3.80. The van der Waals surface area contributed by atoms with E-state index in [0.717, 1.165) is 32.6 Å². The Kier molecular flexibility index (Phi) is 4.13. The number of morpholine rings is 1. The van der Waals surface area contributed by atoms with Crippen LogP contribution in [0.3, 0.4) is 0 Å². The number of nitrogens with one attached hydrogen (secondary N) is 1. The first-order chi connectivity index (χ1) is 9.25. The van der Waals surface area contributed by atoms with Gasteiger partial charge in [0.05, 0.1) is 24.4 Å². The van der Waals surface area contributed by atoms with Crippen molar-refractivity contribution < 1.29 is 9.84 Å². The van der Waals surface area contributed by atoms with Gasteiger partial charge < -0.3 is 15.2 Å². The monoisotopic (exact) mass is 268 g/mol. The third-order valence-electron chi connectivity index (χ3n) is 4.99. The molecule has 0 amide bonds. The minimum absolute atomic E-state index is 0.0627. The van der Waals surface area contributed by atoms with E-state index in [1.54, 1.807) is 0 Å². The van der Waals surface area contributed by atoms with Gasteiger partial charge in [0.25, 0.3) is 0 Å². The van der Waals surface area contributed by atoms with Gasteiger partial charge in [0.2, 0.25) is 0 Å². The first kappa shape index (κ1) is 13.8. The van der Waals surface area contributed by atoms with E-state index in [0.29, 0.717) is 18.1 Å². The number of fused-ring (bicyclic) bond motifs is 2. The summed E-state index contributed by atoms with van der Waals surface area (Å²) < 4.78 is 5.91. The van der Waals surface area contributed by atoms with Crippen molar-refractivity contribution in [1.82, 2.24) is 10.2 Å². The average Bonchev–Trinajstić information content (AvgIpc) is 3.21. The zero-order chi connectivity index (χ0) is 13.3. The normalized spacial score (nSPS) is 34.4. The second-order valence-corrected chi connectivity index (χ2v) is 6.67. The van der Waals surface area contributed by atoms with Gasteiger partial charge in [-0.3, -0.25) is 4.90 Å². The van der Waals surface area contributed by atoms with Crippen LogP contribution in [0.4, 0.5) is 0 Å². The molecule has 19 heavy (non-hydrogen) atoms. The Bertz CT molecular complexity index is 297. The largest absolute Gasteiger partial charge is 0.394 e. The van der Waals surface area contributed by atoms with E-state index in [4.69, 9.17) is 4.74 Å². The Balaban J connectivity index is 1.63. The van der Waals surface area contributed by atoms with Gasteiger partial charge in [-0.15, -0.1) is 0 Å². The van der Waals surface area contributed by atoms with Crippen LogP contribution in [0.15, 0.2) is 0 Å². The second kappa shape index (κ2) is 5.68. The molecule has 0 spiro atoms. The summed E-state index contributed by atoms with van der Waals surface area (Å²) in [7, 11) is 0. The van der Waals surface area contributed by atoms with Crippen molar-refractivity contribution >= 4 is 0 Å². The van der Waals surface area contributed by atoms with E-state index < -0.39 is 0 Å². The quantitative estimate of drug-likeness (QED) is 0.723. The van der Waals surface area contributed by atoms with Crippen molar-refractivity contribution in [3.8, 4) is 0 Å². The number of hydrogen-bond acceptors (Lipinski definition) is 4. The molecule has 1 saturated carbocycles. The maximum absolute atomic E-state index is 9.97. The fourth-order valence-electron chi connectivity index (χ4n) is 3.80. The number of hydrogen-bond donors (Lipinski definition) is 2. The molecule has 0 radical (unpaired) electrons. The molecule has 0 aromatic heterocycles. The van der Waals surface area contributed by atoms with Crippen molar-refractivity contribution in [3.05, 3.63) is 0 Å². The summed E-state index contributed by atoms with van der Waals surface area (Å²) in [6.45, 7) is 6.57. The predicted molar refractivity (Wildman–Crippen MR) is 75.2 cm³/mol. The van der Waals surface area contributed by atoms with E-state index in [1.807, 2.05) is 0 Å². The Hall–Kier alpha value is -0.160. The number of likely N-dealkylation sites (tertiary alicyclic amines) is 1. The lowest BCUT2D eigenvalue weighted by atomic mass is 9.92. The molecule has 4 nitrogen and oxygen atoms in total. The molecule has 3 unspecified atom stereocenters. The Labute approximate surface area is 116 Å². The molecule has 2 bridgehead atoms. The van der Waals surface area contributed by atoms with Crippen LogP contribution in [0.2, 0.25) is 0 Å². The molecule has 3 atom stereocenters. The summed E-state index contributed by atoms with van der Waals surface area (Å²) in [5, 5.41) is 13.6. The smallest absolute Gasteiger partial charge is 0.0707 e. The average molecular weight is 268 g/mol. The van der Waals surface area contributed by atoms with Gasteiger partial charge in [-0.1, -0.05) is 6.92 Å². The van der Waals surface area contributed by atoms with Crippen LogP contribution in [-0.2, 0) is 4.74 Å². The van der Waals surface area contributed by atoms with Gasteiger partial charge in [0.1, 0.15) is 0 Å². The lowest BCUT2D eigenvalue weighted by Gasteiger charge is -2.41. The van der Waals surface area contributed by atoms with Crippen LogP contribution in [0.25, 0.3) is 0 Å². The molecule has 2 aliphatic heterocycles. The summed E-state index contributed by atoms with van der Waals surface area (Å²) in [5.74, 6) is 0.671. The first-order valence-corrected chi connectivity index (χ1v) is 7.99. The molecule has 0 aromatic rings. The highest BCUT2D eigenvalue weighted by atomic mass is 16.5. The second-order valence-electron chi connectivity index (χ2n) is 6.67. The molecule has 1 aliphatic carbocycles. The predicted octanol–water partition coefficient (Wildman–Crippen LogP) is 0.990. The first-order valence-electron chi connectivity index (χ1n) is 7.99. The lowest BCUT2D eigenvalue weighted by Crippen LogP contribution is -2.60. The molecule has 4 heteroatoms. The third kappa shape index (κ3) is 2.97. The highest BCUT2D eigenvalue weighted by Crippen LogP contribution is 2.40. The summed E-state index contributed by atoms with van der Waals surface area (Å²) in [6, 6.07) is 0. The van der Waals surface area contributed by atoms with Gasteiger partial charge >= 0.3 is 0 Å². The molecule has 2 saturated heterocycles. The highest BCUT2D eigenvalue weighted by Gasteiger charge is 2.46. The van der Waals surface area contributed by atoms with Crippen LogP contribution in [0, 0.1) is 5.92 Å². The molecule has 3 aliphatic rings. The molecular formula is C15H28N2O2. The van der Waals surface area contributed by atoms with Crippen molar-refractivity contribution in [3.63, 3.8) is 0 Å². The third-order valence-corrected chi connectivity index (χ3v) is 4.99. The number of nitrogens with zero attached hydrogens (tertiary/aromatic N) is 1. The van der Waals surface area contributed by atoms with Gasteiger partial charge in [-0.2, -0.15) is 0 Å². The maximum atomic E-state index is 9.97. The van der Waals surface area contributed by atoms with E-state index in [9.17, 15) is 5.11 Å². The Morgan fingerprint density at radius 2 is 1.89 bits per heavy atom. The minimum atomic E-state index is -0.0627. The zero-order valence-electron chi connectivity index (χ0n) is 12.1. The number of rotatable bonds is 7. The summed E-state index contributed by atoms with van der Waals surface area (Å²) in [4.78, 5) is 2.53. The van der Waals surface area contributed by atoms with Crippen molar-refractivity contribution in [1.29, 1.82) is 0 Å². The lowest BCUT2D eigenvalue weighted by molar-refractivity contribution is -0.0517. The van der Waals surface area contributed by atoms with Crippen LogP contribution in [0.5, 0.6) is 0 Å². The van der Waals surface area contributed by atoms with Crippen LogP contribution in [0.1, 0.15) is 39.0 Å². The summed E-state index contributed by atoms with van der Waals surface area (Å²) >= 11 is 0. The maximum Gasteiger partial charge on any atom is 0.0707 e. The van der Waals surface area contributed by atoms with Crippen molar-refractivity contribution in [2.24, 2.45) is 5.92 Å². The van der Waals surface area contributed by atoms with Crippen molar-refractivity contribution in [2.75, 3.05) is 32.8 Å². The molecule has 3 fully saturated rings. The molecule has 2 N–H and O–H groups in total. The Morgan fingerprint density at radius 1 is 1.21 bits per heavy atom. The number of aliphatic hydroxyl groups excluding tert-OH is 1. The summed E-state index contributed by atoms with van der Waals surface area (Å²) in [6.07, 6.45) is 7.00. The van der Waals surface area contributed by atoms with Crippen LogP contribution >= 0.6 is 0 Å². The SMILES string of the molecule is CCCNC(CO)(CN1CC2CCC(C1)O2)C1CC1. The van der Waals surface area contributed by atoms with E-state index in [-0.39, 0.29) is 12.1 Å². The van der Waals surface area contributed by atoms with Crippen molar-refractivity contribution in [2.45, 2.75) is 56.8 Å². The molecule has 0 aromatic carbocycles. The van der Waals surface area contributed by atoms with Gasteiger partial charge in [-0.05, 0) is 44.6 Å². The molecule has 3 rings (SSSR count). The molecular weight excluding hydrogens is 240 g/mol. The Morgan fingerprint density at radius 3 is 2.42 bits per heavy atom. The summed E-state index contributed by atoms with van der Waals surface area (Å²) in [5.41, 5.74) is -0.0627. The molecule has 110 valence electrons. The zero-order valence-corrected chi connectivity index (χ0v) is 12.1. The van der Waals surface area contributed by atoms with E-state index in [1.165, 1.54) is 25.7 Å². The fraction of sp³-hybridized carbons (Fsp3) is 1.00. The standard InChI is InChI=1S/C15H28N2O2/c1-2-7-16-15(11-18,12-3-4-12)10-17-8-13-5-6-14(9-17)19-13/h12-14,16,18H,2-11H2,1H3. The topological polar surface area (TPSA) is 44.7 Å². The number of aliphatic hydroxyl groups is 1. The van der Waals surface area contributed by atoms with Crippen LogP contribution < -0.4 is 5.32 Å². The molecule has 2 heterocycles. The van der Waals surface area contributed by atoms with Gasteiger partial charge in [0, 0.05) is 19.6 Å². The van der Waals surface area contributed by atoms with E-state index >= 15 is 0 Å². The van der Waals surface area contributed by atoms with Crippen LogP contribution in [-0.4, -0.2) is 60.5 Å².